The number of carbonyl (C=O) groups excluding carboxylic acids is 1. The van der Waals surface area contributed by atoms with Crippen molar-refractivity contribution in [3.63, 3.8) is 0 Å². The van der Waals surface area contributed by atoms with Crippen LogP contribution in [0.15, 0.2) is 0 Å². The van der Waals surface area contributed by atoms with Gasteiger partial charge in [-0.25, -0.2) is 0 Å². The summed E-state index contributed by atoms with van der Waals surface area (Å²) in [5.41, 5.74) is 5.60. The molecule has 3 atom stereocenters. The molecule has 0 radical (unpaired) electrons. The molecule has 0 aliphatic heterocycles. The van der Waals surface area contributed by atoms with E-state index in [1.165, 1.54) is 0 Å². The molecular weight excluding hydrogens is 208 g/mol. The van der Waals surface area contributed by atoms with Gasteiger partial charge in [-0.3, -0.25) is 9.59 Å². The molecule has 1 saturated carbocycles. The third-order valence-corrected chi connectivity index (χ3v) is 3.17. The number of hydrogen-bond donors (Lipinski definition) is 3. The predicted octanol–water partition coefficient (Wildman–Crippen LogP) is 0.341. The second-order valence-electron chi connectivity index (χ2n) is 4.54. The van der Waals surface area contributed by atoms with E-state index >= 15 is 0 Å². The number of rotatable bonds is 5. The summed E-state index contributed by atoms with van der Waals surface area (Å²) < 4.78 is 0. The number of carboxylic acid groups (broad SMARTS) is 1. The summed E-state index contributed by atoms with van der Waals surface area (Å²) in [6.07, 6.45) is 2.87. The molecule has 0 aromatic carbocycles. The van der Waals surface area contributed by atoms with E-state index in [2.05, 4.69) is 5.32 Å². The molecule has 1 fully saturated rings. The van der Waals surface area contributed by atoms with Gasteiger partial charge in [0.2, 0.25) is 5.91 Å². The molecule has 0 heterocycles. The molecule has 0 aromatic heterocycles. The van der Waals surface area contributed by atoms with Crippen LogP contribution >= 0.6 is 0 Å². The molecule has 5 nitrogen and oxygen atoms in total. The Hall–Kier alpha value is -1.10. The van der Waals surface area contributed by atoms with Crippen LogP contribution in [0.4, 0.5) is 0 Å². The number of carboxylic acids is 1. The van der Waals surface area contributed by atoms with Gasteiger partial charge in [0.05, 0.1) is 6.42 Å². The van der Waals surface area contributed by atoms with Gasteiger partial charge >= 0.3 is 5.97 Å². The Kier molecular flexibility index (Phi) is 4.73. The van der Waals surface area contributed by atoms with Crippen LogP contribution in [0.25, 0.3) is 0 Å². The first-order chi connectivity index (χ1) is 7.54. The number of amides is 1. The molecule has 1 rings (SSSR count). The summed E-state index contributed by atoms with van der Waals surface area (Å²) in [4.78, 5) is 22.3. The normalized spacial score (nSPS) is 26.4. The third-order valence-electron chi connectivity index (χ3n) is 3.17. The van der Waals surface area contributed by atoms with Crippen LogP contribution in [-0.2, 0) is 9.59 Å². The van der Waals surface area contributed by atoms with Crippen molar-refractivity contribution in [2.24, 2.45) is 17.6 Å². The first-order valence-electron chi connectivity index (χ1n) is 5.76. The van der Waals surface area contributed by atoms with Crippen LogP contribution in [0.5, 0.6) is 0 Å². The van der Waals surface area contributed by atoms with Crippen molar-refractivity contribution >= 4 is 11.9 Å². The average molecular weight is 228 g/mol. The summed E-state index contributed by atoms with van der Waals surface area (Å²) >= 11 is 0. The van der Waals surface area contributed by atoms with Gasteiger partial charge < -0.3 is 16.2 Å². The lowest BCUT2D eigenvalue weighted by Crippen LogP contribution is -2.40. The molecule has 5 heteroatoms. The zero-order valence-corrected chi connectivity index (χ0v) is 9.61. The minimum atomic E-state index is -0.894. The molecule has 0 aromatic rings. The molecule has 4 N–H and O–H groups in total. The van der Waals surface area contributed by atoms with Gasteiger partial charge in [0.15, 0.2) is 0 Å². The fourth-order valence-electron chi connectivity index (χ4n) is 2.33. The van der Waals surface area contributed by atoms with Crippen LogP contribution in [0.3, 0.4) is 0 Å². The number of hydrogen-bond acceptors (Lipinski definition) is 3. The van der Waals surface area contributed by atoms with Crippen molar-refractivity contribution in [1.82, 2.24) is 5.32 Å². The summed E-state index contributed by atoms with van der Waals surface area (Å²) in [5.74, 6) is -0.699. The third kappa shape index (κ3) is 3.48. The van der Waals surface area contributed by atoms with Crippen molar-refractivity contribution < 1.29 is 14.7 Å². The monoisotopic (exact) mass is 228 g/mol. The van der Waals surface area contributed by atoms with Gasteiger partial charge in [-0.05, 0) is 32.2 Å². The predicted molar refractivity (Wildman–Crippen MR) is 59.7 cm³/mol. The molecule has 3 unspecified atom stereocenters. The Morgan fingerprint density at radius 1 is 1.50 bits per heavy atom. The molecule has 1 aliphatic carbocycles. The molecular formula is C11H20N2O3. The van der Waals surface area contributed by atoms with E-state index in [1.807, 2.05) is 0 Å². The van der Waals surface area contributed by atoms with Crippen molar-refractivity contribution in [1.29, 1.82) is 0 Å². The maximum Gasteiger partial charge on any atom is 0.305 e. The fraction of sp³-hybridized carbons (Fsp3) is 0.818. The van der Waals surface area contributed by atoms with Crippen molar-refractivity contribution in [3.05, 3.63) is 0 Å². The van der Waals surface area contributed by atoms with E-state index in [1.54, 1.807) is 6.92 Å². The van der Waals surface area contributed by atoms with E-state index in [0.717, 1.165) is 19.3 Å². The highest BCUT2D eigenvalue weighted by molar-refractivity contribution is 5.80. The second kappa shape index (κ2) is 5.84. The first kappa shape index (κ1) is 13.0. The van der Waals surface area contributed by atoms with E-state index in [9.17, 15) is 9.59 Å². The van der Waals surface area contributed by atoms with Gasteiger partial charge in [-0.1, -0.05) is 6.42 Å². The van der Waals surface area contributed by atoms with Gasteiger partial charge in [0.25, 0.3) is 0 Å². The van der Waals surface area contributed by atoms with E-state index < -0.39 is 5.97 Å². The minimum absolute atomic E-state index is 0.0266. The molecule has 16 heavy (non-hydrogen) atoms. The van der Waals surface area contributed by atoms with Crippen LogP contribution in [0.2, 0.25) is 0 Å². The van der Waals surface area contributed by atoms with Crippen LogP contribution in [0.1, 0.15) is 32.6 Å². The molecule has 1 amide bonds. The lowest BCUT2D eigenvalue weighted by Gasteiger charge is -2.20. The Morgan fingerprint density at radius 3 is 2.75 bits per heavy atom. The van der Waals surface area contributed by atoms with Gasteiger partial charge in [0, 0.05) is 12.0 Å². The minimum Gasteiger partial charge on any atom is -0.481 e. The number of aliphatic carboxylic acids is 1. The molecule has 92 valence electrons. The Labute approximate surface area is 95.4 Å². The van der Waals surface area contributed by atoms with Gasteiger partial charge in [-0.15, -0.1) is 0 Å². The first-order valence-corrected chi connectivity index (χ1v) is 5.76. The zero-order valence-electron chi connectivity index (χ0n) is 9.61. The Balaban J connectivity index is 2.42. The summed E-state index contributed by atoms with van der Waals surface area (Å²) in [7, 11) is 0. The highest BCUT2D eigenvalue weighted by Crippen LogP contribution is 2.31. The molecule has 0 saturated heterocycles. The highest BCUT2D eigenvalue weighted by atomic mass is 16.4. The zero-order chi connectivity index (χ0) is 12.1. The molecule has 1 aliphatic rings. The van der Waals surface area contributed by atoms with Crippen molar-refractivity contribution in [3.8, 4) is 0 Å². The van der Waals surface area contributed by atoms with Gasteiger partial charge in [0.1, 0.15) is 0 Å². The number of nitrogens with one attached hydrogen (secondary N) is 1. The highest BCUT2D eigenvalue weighted by Gasteiger charge is 2.32. The lowest BCUT2D eigenvalue weighted by molar-refractivity contribution is -0.137. The second-order valence-corrected chi connectivity index (χ2v) is 4.54. The number of carbonyl (C=O) groups is 2. The van der Waals surface area contributed by atoms with Crippen molar-refractivity contribution in [2.75, 3.05) is 6.54 Å². The standard InChI is InChI=1S/C11H20N2O3/c1-7(5-10(14)15)13-11(16)9-4-2-3-8(9)6-12/h7-9H,2-6,12H2,1H3,(H,13,16)(H,14,15). The Morgan fingerprint density at radius 2 is 2.19 bits per heavy atom. The van der Waals surface area contributed by atoms with Crippen LogP contribution in [0, 0.1) is 11.8 Å². The smallest absolute Gasteiger partial charge is 0.305 e. The SMILES string of the molecule is CC(CC(=O)O)NC(=O)C1CCCC1CN. The van der Waals surface area contributed by atoms with Crippen LogP contribution < -0.4 is 11.1 Å². The average Bonchev–Trinajstić information content (AvgIpc) is 2.63. The van der Waals surface area contributed by atoms with Crippen molar-refractivity contribution in [2.45, 2.75) is 38.6 Å². The molecule has 0 spiro atoms. The summed E-state index contributed by atoms with van der Waals surface area (Å²) in [6.45, 7) is 2.24. The number of nitrogens with two attached hydrogens (primary N) is 1. The largest absolute Gasteiger partial charge is 0.481 e. The quantitative estimate of drug-likeness (QED) is 0.632. The maximum absolute atomic E-state index is 11.8. The van der Waals surface area contributed by atoms with E-state index in [-0.39, 0.29) is 30.2 Å². The lowest BCUT2D eigenvalue weighted by atomic mass is 9.95. The summed E-state index contributed by atoms with van der Waals surface area (Å²) in [5, 5.41) is 11.3. The fourth-order valence-corrected chi connectivity index (χ4v) is 2.33. The topological polar surface area (TPSA) is 92.4 Å². The van der Waals surface area contributed by atoms with Crippen LogP contribution in [-0.4, -0.2) is 29.6 Å². The van der Waals surface area contributed by atoms with E-state index in [4.69, 9.17) is 10.8 Å². The molecule has 0 bridgehead atoms. The van der Waals surface area contributed by atoms with E-state index in [0.29, 0.717) is 6.54 Å². The maximum atomic E-state index is 11.8. The van der Waals surface area contributed by atoms with Gasteiger partial charge in [-0.2, -0.15) is 0 Å². The summed E-state index contributed by atoms with van der Waals surface area (Å²) in [6, 6.07) is -0.316. The Bertz CT molecular complexity index is 268.